The Bertz CT molecular complexity index is 829. The van der Waals surface area contributed by atoms with Gasteiger partial charge in [-0.15, -0.1) is 0 Å². The van der Waals surface area contributed by atoms with Crippen molar-refractivity contribution in [1.29, 1.82) is 0 Å². The highest BCUT2D eigenvalue weighted by Crippen LogP contribution is 2.39. The molecule has 118 valence electrons. The molecular formula is C16H16BN7. The summed E-state index contributed by atoms with van der Waals surface area (Å²) in [5.74, 6) is 2.36. The molecule has 8 heteroatoms. The number of pyridine rings is 1. The molecule has 0 aromatic carbocycles. The van der Waals surface area contributed by atoms with Gasteiger partial charge in [-0.1, -0.05) is 6.07 Å². The number of hydrogen-bond donors (Lipinski definition) is 3. The lowest BCUT2D eigenvalue weighted by Gasteiger charge is -2.09. The predicted molar refractivity (Wildman–Crippen MR) is 92.8 cm³/mol. The Kier molecular flexibility index (Phi) is 3.86. The summed E-state index contributed by atoms with van der Waals surface area (Å²) in [6.07, 6.45) is 7.56. The number of rotatable bonds is 6. The summed E-state index contributed by atoms with van der Waals surface area (Å²) in [6, 6.07) is 5.88. The maximum Gasteiger partial charge on any atom is 0.224 e. The first-order valence-electron chi connectivity index (χ1n) is 7.85. The van der Waals surface area contributed by atoms with E-state index in [-0.39, 0.29) is 0 Å². The van der Waals surface area contributed by atoms with E-state index in [1.807, 2.05) is 18.2 Å². The summed E-state index contributed by atoms with van der Waals surface area (Å²) in [7, 11) is 5.96. The molecule has 1 aliphatic rings. The molecule has 0 spiro atoms. The van der Waals surface area contributed by atoms with Crippen molar-refractivity contribution in [2.75, 3.05) is 10.6 Å². The highest BCUT2D eigenvalue weighted by molar-refractivity contribution is 6.35. The van der Waals surface area contributed by atoms with E-state index < -0.39 is 0 Å². The average Bonchev–Trinajstić information content (AvgIpc) is 3.36. The first-order valence-corrected chi connectivity index (χ1v) is 7.85. The Morgan fingerprint density at radius 2 is 2.21 bits per heavy atom. The van der Waals surface area contributed by atoms with Gasteiger partial charge in [0.1, 0.15) is 13.7 Å². The molecule has 24 heavy (non-hydrogen) atoms. The summed E-state index contributed by atoms with van der Waals surface area (Å²) in [5, 5.41) is 13.6. The topological polar surface area (TPSA) is 91.4 Å². The summed E-state index contributed by atoms with van der Waals surface area (Å²) in [6.45, 7) is 0.589. The number of aromatic nitrogens is 5. The molecule has 0 amide bonds. The minimum Gasteiger partial charge on any atom is -0.350 e. The molecule has 3 aromatic heterocycles. The highest BCUT2D eigenvalue weighted by atomic mass is 15.2. The smallest absolute Gasteiger partial charge is 0.224 e. The minimum absolute atomic E-state index is 0.470. The fourth-order valence-corrected chi connectivity index (χ4v) is 2.39. The SMILES string of the molecule is [B]c1cnc(NCc2cccnc2)nc1Nc1cc(C2CC2)[nH]n1. The van der Waals surface area contributed by atoms with Crippen molar-refractivity contribution >= 4 is 30.9 Å². The Morgan fingerprint density at radius 3 is 3.00 bits per heavy atom. The van der Waals surface area contributed by atoms with Crippen LogP contribution < -0.4 is 16.1 Å². The molecule has 0 saturated heterocycles. The average molecular weight is 317 g/mol. The van der Waals surface area contributed by atoms with Crippen LogP contribution >= 0.6 is 0 Å². The number of anilines is 3. The quantitative estimate of drug-likeness (QED) is 0.599. The van der Waals surface area contributed by atoms with Crippen molar-refractivity contribution in [2.45, 2.75) is 25.3 Å². The molecule has 0 unspecified atom stereocenters. The van der Waals surface area contributed by atoms with E-state index in [2.05, 4.69) is 35.8 Å². The number of nitrogens with zero attached hydrogens (tertiary/aromatic N) is 4. The molecule has 1 aliphatic carbocycles. The van der Waals surface area contributed by atoms with Gasteiger partial charge in [-0.25, -0.2) is 4.98 Å². The van der Waals surface area contributed by atoms with E-state index in [4.69, 9.17) is 7.85 Å². The standard InChI is InChI=1S/C16H16BN7/c17-12-9-20-16(19-8-10-2-1-5-18-7-10)22-15(12)21-14-6-13(23-24-14)11-3-4-11/h1-2,5-7,9,11H,3-4,8H2,(H3,19,20,21,22,23,24). The molecule has 0 aliphatic heterocycles. The van der Waals surface area contributed by atoms with E-state index in [0.29, 0.717) is 35.5 Å². The minimum atomic E-state index is 0.470. The second kappa shape index (κ2) is 6.31. The third kappa shape index (κ3) is 3.37. The largest absolute Gasteiger partial charge is 0.350 e. The van der Waals surface area contributed by atoms with Crippen LogP contribution in [0.2, 0.25) is 0 Å². The summed E-state index contributed by atoms with van der Waals surface area (Å²) < 4.78 is 0. The number of hydrogen-bond acceptors (Lipinski definition) is 6. The van der Waals surface area contributed by atoms with Gasteiger partial charge >= 0.3 is 0 Å². The first-order chi connectivity index (χ1) is 11.8. The van der Waals surface area contributed by atoms with Gasteiger partial charge < -0.3 is 10.6 Å². The summed E-state index contributed by atoms with van der Waals surface area (Å²) in [5.41, 5.74) is 2.67. The molecule has 3 heterocycles. The van der Waals surface area contributed by atoms with Crippen LogP contribution in [-0.2, 0) is 6.54 Å². The van der Waals surface area contributed by atoms with Crippen molar-refractivity contribution < 1.29 is 0 Å². The molecule has 1 saturated carbocycles. The number of H-pyrrole nitrogens is 1. The van der Waals surface area contributed by atoms with Gasteiger partial charge in [-0.3, -0.25) is 10.1 Å². The van der Waals surface area contributed by atoms with E-state index in [1.165, 1.54) is 12.8 Å². The van der Waals surface area contributed by atoms with E-state index in [9.17, 15) is 0 Å². The zero-order valence-electron chi connectivity index (χ0n) is 13.0. The van der Waals surface area contributed by atoms with E-state index in [0.717, 1.165) is 11.3 Å². The molecule has 2 radical (unpaired) electrons. The lowest BCUT2D eigenvalue weighted by molar-refractivity contribution is 0.966. The lowest BCUT2D eigenvalue weighted by atomic mass is 9.99. The van der Waals surface area contributed by atoms with Gasteiger partial charge in [0.25, 0.3) is 0 Å². The van der Waals surface area contributed by atoms with Gasteiger partial charge in [0, 0.05) is 42.8 Å². The third-order valence-corrected chi connectivity index (χ3v) is 3.85. The van der Waals surface area contributed by atoms with Crippen molar-refractivity contribution in [3.63, 3.8) is 0 Å². The molecule has 3 aromatic rings. The maximum atomic E-state index is 5.96. The monoisotopic (exact) mass is 317 g/mol. The second-order valence-electron chi connectivity index (χ2n) is 5.82. The lowest BCUT2D eigenvalue weighted by Crippen LogP contribution is -2.15. The van der Waals surface area contributed by atoms with Crippen LogP contribution in [0.5, 0.6) is 0 Å². The van der Waals surface area contributed by atoms with Gasteiger partial charge in [-0.2, -0.15) is 10.1 Å². The van der Waals surface area contributed by atoms with E-state index in [1.54, 1.807) is 18.6 Å². The van der Waals surface area contributed by atoms with Crippen molar-refractivity contribution in [1.82, 2.24) is 25.1 Å². The van der Waals surface area contributed by atoms with Crippen LogP contribution in [0.15, 0.2) is 36.8 Å². The fraction of sp³-hybridized carbons (Fsp3) is 0.250. The zero-order valence-corrected chi connectivity index (χ0v) is 13.0. The van der Waals surface area contributed by atoms with Gasteiger partial charge in [0.2, 0.25) is 5.95 Å². The first kappa shape index (κ1) is 14.7. The van der Waals surface area contributed by atoms with Crippen LogP contribution in [0, 0.1) is 0 Å². The van der Waals surface area contributed by atoms with Crippen LogP contribution in [0.4, 0.5) is 17.6 Å². The van der Waals surface area contributed by atoms with Crippen LogP contribution in [-0.4, -0.2) is 33.0 Å². The fourth-order valence-electron chi connectivity index (χ4n) is 2.39. The Morgan fingerprint density at radius 1 is 1.29 bits per heavy atom. The van der Waals surface area contributed by atoms with Gasteiger partial charge in [-0.05, 0) is 29.9 Å². The molecule has 7 nitrogen and oxygen atoms in total. The molecule has 4 rings (SSSR count). The van der Waals surface area contributed by atoms with Crippen LogP contribution in [0.1, 0.15) is 30.0 Å². The Hall–Kier alpha value is -2.90. The van der Waals surface area contributed by atoms with Crippen molar-refractivity contribution in [2.24, 2.45) is 0 Å². The van der Waals surface area contributed by atoms with Crippen molar-refractivity contribution in [3.8, 4) is 0 Å². The predicted octanol–water partition coefficient (Wildman–Crippen LogP) is 1.62. The normalized spacial score (nSPS) is 13.7. The Balaban J connectivity index is 1.46. The van der Waals surface area contributed by atoms with E-state index >= 15 is 0 Å². The van der Waals surface area contributed by atoms with Gasteiger partial charge in [0.15, 0.2) is 5.82 Å². The summed E-state index contributed by atoms with van der Waals surface area (Å²) >= 11 is 0. The van der Waals surface area contributed by atoms with Crippen molar-refractivity contribution in [3.05, 3.63) is 48.0 Å². The second-order valence-corrected chi connectivity index (χ2v) is 5.82. The molecule has 1 fully saturated rings. The van der Waals surface area contributed by atoms with Gasteiger partial charge in [0.05, 0.1) is 0 Å². The third-order valence-electron chi connectivity index (χ3n) is 3.85. The maximum absolute atomic E-state index is 5.96. The number of aromatic amines is 1. The zero-order chi connectivity index (χ0) is 16.4. The highest BCUT2D eigenvalue weighted by Gasteiger charge is 2.25. The molecule has 0 atom stereocenters. The molecule has 0 bridgehead atoms. The Labute approximate surface area is 140 Å². The van der Waals surface area contributed by atoms with Crippen LogP contribution in [0.3, 0.4) is 0 Å². The molecule has 3 N–H and O–H groups in total. The van der Waals surface area contributed by atoms with Crippen LogP contribution in [0.25, 0.3) is 0 Å². The summed E-state index contributed by atoms with van der Waals surface area (Å²) in [4.78, 5) is 12.7. The molecular weight excluding hydrogens is 301 g/mol. The number of nitrogens with one attached hydrogen (secondary N) is 3.